The normalized spacial score (nSPS) is 16.1. The van der Waals surface area contributed by atoms with Crippen molar-refractivity contribution < 1.29 is 19.4 Å². The Kier molecular flexibility index (Phi) is 4.18. The highest BCUT2D eigenvalue weighted by atomic mass is 35.5. The number of ether oxygens (including phenoxy) is 1. The lowest BCUT2D eigenvalue weighted by atomic mass is 9.76. The minimum atomic E-state index is -1.11. The third-order valence-electron chi connectivity index (χ3n) is 3.63. The first-order chi connectivity index (χ1) is 9.48. The van der Waals surface area contributed by atoms with E-state index in [0.29, 0.717) is 29.2 Å². The zero-order valence-electron chi connectivity index (χ0n) is 11.1. The Hall–Kier alpha value is -1.75. The highest BCUT2D eigenvalue weighted by molar-refractivity contribution is 6.31. The molecule has 0 aromatic heterocycles. The van der Waals surface area contributed by atoms with E-state index >= 15 is 0 Å². The van der Waals surface area contributed by atoms with Gasteiger partial charge in [-0.05, 0) is 31.4 Å². The van der Waals surface area contributed by atoms with Crippen molar-refractivity contribution >= 4 is 23.5 Å². The van der Waals surface area contributed by atoms with Crippen LogP contribution in [0.2, 0.25) is 5.02 Å². The third kappa shape index (κ3) is 2.72. The minimum absolute atomic E-state index is 0.00211. The molecule has 1 fully saturated rings. The van der Waals surface area contributed by atoms with Gasteiger partial charge >= 0.3 is 5.97 Å². The zero-order valence-corrected chi connectivity index (χ0v) is 11.9. The minimum Gasteiger partial charge on any atom is -0.496 e. The van der Waals surface area contributed by atoms with Gasteiger partial charge in [0.1, 0.15) is 11.3 Å². The Labute approximate surface area is 121 Å². The number of methoxy groups -OCH3 is 1. The Morgan fingerprint density at radius 2 is 2.15 bits per heavy atom. The van der Waals surface area contributed by atoms with Gasteiger partial charge in [-0.25, -0.2) is 4.79 Å². The zero-order chi connectivity index (χ0) is 14.8. The Morgan fingerprint density at radius 1 is 1.45 bits per heavy atom. The van der Waals surface area contributed by atoms with Gasteiger partial charge in [-0.15, -0.1) is 0 Å². The number of carbonyl (C=O) groups is 2. The largest absolute Gasteiger partial charge is 0.496 e. The van der Waals surface area contributed by atoms with Crippen LogP contribution in [0.4, 0.5) is 0 Å². The molecule has 2 N–H and O–H groups in total. The molecule has 0 saturated heterocycles. The maximum Gasteiger partial charge on any atom is 0.329 e. The van der Waals surface area contributed by atoms with Crippen molar-refractivity contribution in [2.24, 2.45) is 0 Å². The second-order valence-electron chi connectivity index (χ2n) is 4.89. The summed E-state index contributed by atoms with van der Waals surface area (Å²) in [7, 11) is 1.50. The van der Waals surface area contributed by atoms with Crippen LogP contribution in [-0.4, -0.2) is 29.6 Å². The summed E-state index contributed by atoms with van der Waals surface area (Å²) in [6.45, 7) is 0. The Bertz CT molecular complexity index is 540. The van der Waals surface area contributed by atoms with Crippen molar-refractivity contribution in [2.75, 3.05) is 7.11 Å². The summed E-state index contributed by atoms with van der Waals surface area (Å²) in [4.78, 5) is 23.3. The summed E-state index contributed by atoms with van der Waals surface area (Å²) in [5, 5.41) is 12.2. The maximum atomic E-state index is 12.1. The van der Waals surface area contributed by atoms with Gasteiger partial charge in [0.25, 0.3) is 0 Å². The molecule has 1 aliphatic carbocycles. The fourth-order valence-corrected chi connectivity index (χ4v) is 2.53. The standard InChI is InChI=1S/C14H16ClNO4/c1-20-11-5-2-4-10(15)9(11)8-12(17)16-14(13(18)19)6-3-7-14/h2,4-5H,3,6-8H2,1H3,(H,16,17)(H,18,19). The number of halogens is 1. The molecule has 0 radical (unpaired) electrons. The molecule has 5 nitrogen and oxygen atoms in total. The fourth-order valence-electron chi connectivity index (χ4n) is 2.30. The SMILES string of the molecule is COc1cccc(Cl)c1CC(=O)NC1(C(=O)O)CCC1. The highest BCUT2D eigenvalue weighted by Gasteiger charge is 2.45. The number of aliphatic carboxylic acids is 1. The molecule has 1 amide bonds. The van der Waals surface area contributed by atoms with E-state index in [0.717, 1.165) is 6.42 Å². The summed E-state index contributed by atoms with van der Waals surface area (Å²) >= 11 is 6.06. The number of carboxylic acids is 1. The van der Waals surface area contributed by atoms with Gasteiger partial charge in [-0.1, -0.05) is 17.7 Å². The van der Waals surface area contributed by atoms with Crippen LogP contribution in [0, 0.1) is 0 Å². The number of benzene rings is 1. The average Bonchev–Trinajstić information content (AvgIpc) is 2.35. The molecular weight excluding hydrogens is 282 g/mol. The van der Waals surface area contributed by atoms with E-state index in [9.17, 15) is 14.7 Å². The van der Waals surface area contributed by atoms with Crippen LogP contribution in [0.1, 0.15) is 24.8 Å². The summed E-state index contributed by atoms with van der Waals surface area (Å²) in [5.41, 5.74) is -0.542. The number of nitrogens with one attached hydrogen (secondary N) is 1. The third-order valence-corrected chi connectivity index (χ3v) is 3.98. The van der Waals surface area contributed by atoms with Crippen LogP contribution in [0.15, 0.2) is 18.2 Å². The molecule has 0 bridgehead atoms. The van der Waals surface area contributed by atoms with Crippen molar-refractivity contribution in [3.05, 3.63) is 28.8 Å². The molecule has 0 aliphatic heterocycles. The molecule has 0 unspecified atom stereocenters. The van der Waals surface area contributed by atoms with Crippen molar-refractivity contribution in [1.82, 2.24) is 5.32 Å². The van der Waals surface area contributed by atoms with Gasteiger partial charge in [-0.3, -0.25) is 4.79 Å². The molecule has 0 heterocycles. The predicted octanol–water partition coefficient (Wildman–Crippen LogP) is 2.01. The summed E-state index contributed by atoms with van der Waals surface area (Å²) < 4.78 is 5.16. The lowest BCUT2D eigenvalue weighted by molar-refractivity contribution is -0.151. The second kappa shape index (κ2) is 5.71. The van der Waals surface area contributed by atoms with E-state index in [1.807, 2.05) is 0 Å². The van der Waals surface area contributed by atoms with Crippen molar-refractivity contribution in [3.8, 4) is 5.75 Å². The van der Waals surface area contributed by atoms with Crippen LogP contribution in [-0.2, 0) is 16.0 Å². The van der Waals surface area contributed by atoms with E-state index in [-0.39, 0.29) is 12.3 Å². The van der Waals surface area contributed by atoms with Gasteiger partial charge in [0.2, 0.25) is 5.91 Å². The number of carbonyl (C=O) groups excluding carboxylic acids is 1. The molecule has 2 rings (SSSR count). The maximum absolute atomic E-state index is 12.1. The van der Waals surface area contributed by atoms with Crippen molar-refractivity contribution in [3.63, 3.8) is 0 Å². The lowest BCUT2D eigenvalue weighted by Crippen LogP contribution is -2.59. The smallest absolute Gasteiger partial charge is 0.329 e. The molecule has 20 heavy (non-hydrogen) atoms. The highest BCUT2D eigenvalue weighted by Crippen LogP contribution is 2.33. The molecular formula is C14H16ClNO4. The monoisotopic (exact) mass is 297 g/mol. The molecule has 108 valence electrons. The first kappa shape index (κ1) is 14.7. The van der Waals surface area contributed by atoms with Crippen molar-refractivity contribution in [1.29, 1.82) is 0 Å². The summed E-state index contributed by atoms with van der Waals surface area (Å²) in [6.07, 6.45) is 1.74. The summed E-state index contributed by atoms with van der Waals surface area (Å²) in [6, 6.07) is 5.11. The van der Waals surface area contributed by atoms with Gasteiger partial charge in [-0.2, -0.15) is 0 Å². The number of amides is 1. The Balaban J connectivity index is 2.11. The lowest BCUT2D eigenvalue weighted by Gasteiger charge is -2.38. The van der Waals surface area contributed by atoms with Crippen LogP contribution < -0.4 is 10.1 Å². The predicted molar refractivity (Wildman–Crippen MR) is 74.1 cm³/mol. The quantitative estimate of drug-likeness (QED) is 0.872. The number of hydrogen-bond donors (Lipinski definition) is 2. The van der Waals surface area contributed by atoms with Crippen LogP contribution >= 0.6 is 11.6 Å². The molecule has 0 spiro atoms. The van der Waals surface area contributed by atoms with Gasteiger partial charge in [0.15, 0.2) is 0 Å². The molecule has 1 aliphatic rings. The topological polar surface area (TPSA) is 75.6 Å². The number of carboxylic acid groups (broad SMARTS) is 1. The van der Waals surface area contributed by atoms with E-state index in [2.05, 4.69) is 5.32 Å². The van der Waals surface area contributed by atoms with Gasteiger partial charge in [0.05, 0.1) is 13.5 Å². The van der Waals surface area contributed by atoms with Gasteiger partial charge in [0, 0.05) is 10.6 Å². The van der Waals surface area contributed by atoms with E-state index in [4.69, 9.17) is 16.3 Å². The van der Waals surface area contributed by atoms with Crippen molar-refractivity contribution in [2.45, 2.75) is 31.2 Å². The first-order valence-corrected chi connectivity index (χ1v) is 6.72. The van der Waals surface area contributed by atoms with Crippen LogP contribution in [0.25, 0.3) is 0 Å². The summed E-state index contributed by atoms with van der Waals surface area (Å²) in [5.74, 6) is -0.827. The van der Waals surface area contributed by atoms with Crippen LogP contribution in [0.3, 0.4) is 0 Å². The number of hydrogen-bond acceptors (Lipinski definition) is 3. The fraction of sp³-hybridized carbons (Fsp3) is 0.429. The molecule has 1 aromatic rings. The first-order valence-electron chi connectivity index (χ1n) is 6.34. The molecule has 6 heteroatoms. The Morgan fingerprint density at radius 3 is 2.65 bits per heavy atom. The van der Waals surface area contributed by atoms with Gasteiger partial charge < -0.3 is 15.2 Å². The van der Waals surface area contributed by atoms with Crippen LogP contribution in [0.5, 0.6) is 5.75 Å². The number of rotatable bonds is 5. The van der Waals surface area contributed by atoms with E-state index < -0.39 is 11.5 Å². The second-order valence-corrected chi connectivity index (χ2v) is 5.29. The van der Waals surface area contributed by atoms with E-state index in [1.165, 1.54) is 7.11 Å². The molecule has 1 aromatic carbocycles. The van der Waals surface area contributed by atoms with E-state index in [1.54, 1.807) is 18.2 Å². The molecule has 0 atom stereocenters. The average molecular weight is 298 g/mol. The molecule has 1 saturated carbocycles.